The van der Waals surface area contributed by atoms with E-state index < -0.39 is 23.3 Å². The number of carbonyl (C=O) groups is 3. The van der Waals surface area contributed by atoms with Crippen LogP contribution in [0.4, 0.5) is 4.79 Å². The molecule has 0 unspecified atom stereocenters. The van der Waals surface area contributed by atoms with Gasteiger partial charge in [-0.05, 0) is 20.3 Å². The van der Waals surface area contributed by atoms with Gasteiger partial charge in [0.15, 0.2) is 0 Å². The van der Waals surface area contributed by atoms with Gasteiger partial charge in [-0.25, -0.2) is 4.79 Å². The van der Waals surface area contributed by atoms with E-state index in [0.29, 0.717) is 5.57 Å². The Morgan fingerprint density at radius 1 is 1.27 bits per heavy atom. The molecule has 1 saturated heterocycles. The zero-order valence-electron chi connectivity index (χ0n) is 9.01. The number of carbonyl (C=O) groups excluding carboxylic acids is 3. The number of barbiturate groups is 1. The first-order valence-corrected chi connectivity index (χ1v) is 4.77. The summed E-state index contributed by atoms with van der Waals surface area (Å²) in [7, 11) is 0. The van der Waals surface area contributed by atoms with Gasteiger partial charge in [-0.3, -0.25) is 20.2 Å². The van der Waals surface area contributed by atoms with Crippen molar-refractivity contribution < 1.29 is 14.4 Å². The second kappa shape index (κ2) is 3.84. The lowest BCUT2D eigenvalue weighted by atomic mass is 9.79. The van der Waals surface area contributed by atoms with Crippen molar-refractivity contribution in [2.24, 2.45) is 5.41 Å². The molecule has 4 amide bonds. The summed E-state index contributed by atoms with van der Waals surface area (Å²) >= 11 is 0. The summed E-state index contributed by atoms with van der Waals surface area (Å²) in [6, 6.07) is -0.758. The van der Waals surface area contributed by atoms with Gasteiger partial charge in [-0.2, -0.15) is 0 Å². The lowest BCUT2D eigenvalue weighted by Gasteiger charge is -2.31. The number of hydrogen-bond acceptors (Lipinski definition) is 3. The van der Waals surface area contributed by atoms with E-state index in [2.05, 4.69) is 10.6 Å². The summed E-state index contributed by atoms with van der Waals surface area (Å²) in [4.78, 5) is 34.1. The molecule has 1 rings (SSSR count). The van der Waals surface area contributed by atoms with Crippen LogP contribution >= 0.6 is 0 Å². The minimum atomic E-state index is -1.27. The van der Waals surface area contributed by atoms with Gasteiger partial charge in [0, 0.05) is 0 Å². The Morgan fingerprint density at radius 3 is 2.13 bits per heavy atom. The van der Waals surface area contributed by atoms with Gasteiger partial charge in [-0.15, -0.1) is 0 Å². The Kier molecular flexibility index (Phi) is 2.93. The fraction of sp³-hybridized carbons (Fsp3) is 0.500. The second-order valence-electron chi connectivity index (χ2n) is 3.66. The molecule has 0 aromatic carbocycles. The number of amides is 4. The molecule has 0 aromatic heterocycles. The molecule has 5 nitrogen and oxygen atoms in total. The molecule has 1 aliphatic heterocycles. The van der Waals surface area contributed by atoms with Crippen LogP contribution in [-0.2, 0) is 9.59 Å². The average molecular weight is 210 g/mol. The van der Waals surface area contributed by atoms with Crippen LogP contribution in [0.5, 0.6) is 0 Å². The van der Waals surface area contributed by atoms with Crippen LogP contribution in [0.25, 0.3) is 0 Å². The quantitative estimate of drug-likeness (QED) is 0.520. The predicted molar refractivity (Wildman–Crippen MR) is 53.8 cm³/mol. The maximum Gasteiger partial charge on any atom is 0.328 e. The van der Waals surface area contributed by atoms with Gasteiger partial charge < -0.3 is 0 Å². The molecule has 0 saturated carbocycles. The van der Waals surface area contributed by atoms with Crippen LogP contribution in [-0.4, -0.2) is 17.8 Å². The van der Waals surface area contributed by atoms with E-state index in [4.69, 9.17) is 0 Å². The fourth-order valence-electron chi connectivity index (χ4n) is 1.46. The smallest absolute Gasteiger partial charge is 0.277 e. The summed E-state index contributed by atoms with van der Waals surface area (Å²) in [6.07, 6.45) is 2.53. The minimum absolute atomic E-state index is 0.571. The topological polar surface area (TPSA) is 75.3 Å². The van der Waals surface area contributed by atoms with Crippen molar-refractivity contribution in [3.05, 3.63) is 11.6 Å². The lowest BCUT2D eigenvalue weighted by molar-refractivity contribution is -0.140. The summed E-state index contributed by atoms with van der Waals surface area (Å²) in [6.45, 7) is 5.13. The minimum Gasteiger partial charge on any atom is -0.277 e. The highest BCUT2D eigenvalue weighted by molar-refractivity contribution is 6.20. The molecule has 2 N–H and O–H groups in total. The molecule has 0 radical (unpaired) electrons. The molecule has 0 aliphatic carbocycles. The molecule has 0 spiro atoms. The summed E-state index contributed by atoms with van der Waals surface area (Å²) in [5, 5.41) is 4.18. The van der Waals surface area contributed by atoms with Crippen molar-refractivity contribution in [2.45, 2.75) is 27.2 Å². The zero-order chi connectivity index (χ0) is 11.6. The molecule has 0 atom stereocenters. The Labute approximate surface area is 87.9 Å². The number of hydrogen-bond donors (Lipinski definition) is 2. The number of imide groups is 2. The van der Waals surface area contributed by atoms with Crippen LogP contribution in [0.3, 0.4) is 0 Å². The first kappa shape index (κ1) is 11.4. The summed E-state index contributed by atoms with van der Waals surface area (Å²) in [5.74, 6) is -1.14. The van der Waals surface area contributed by atoms with Crippen LogP contribution in [0.15, 0.2) is 11.6 Å². The molecular formula is C10H14N2O3. The first-order chi connectivity index (χ1) is 6.92. The van der Waals surface area contributed by atoms with Crippen molar-refractivity contribution in [3.8, 4) is 0 Å². The molecular weight excluding hydrogens is 196 g/mol. The largest absolute Gasteiger partial charge is 0.328 e. The molecule has 15 heavy (non-hydrogen) atoms. The van der Waals surface area contributed by atoms with E-state index in [1.165, 1.54) is 6.92 Å². The van der Waals surface area contributed by atoms with E-state index in [0.717, 1.165) is 6.42 Å². The Balaban J connectivity index is 3.10. The van der Waals surface area contributed by atoms with Crippen LogP contribution in [0, 0.1) is 5.41 Å². The SMILES string of the molecule is CC/C=C(/C)C1(C)C(=O)NC(=O)NC1=O. The van der Waals surface area contributed by atoms with Gasteiger partial charge in [0.25, 0.3) is 0 Å². The third kappa shape index (κ3) is 1.77. The van der Waals surface area contributed by atoms with Crippen LogP contribution < -0.4 is 10.6 Å². The molecule has 0 bridgehead atoms. The summed E-state index contributed by atoms with van der Waals surface area (Å²) in [5.41, 5.74) is -0.628. The van der Waals surface area contributed by atoms with E-state index in [1.54, 1.807) is 13.0 Å². The maximum atomic E-state index is 11.6. The van der Waals surface area contributed by atoms with Gasteiger partial charge in [0.2, 0.25) is 11.8 Å². The third-order valence-corrected chi connectivity index (χ3v) is 2.66. The van der Waals surface area contributed by atoms with Gasteiger partial charge >= 0.3 is 6.03 Å². The number of urea groups is 1. The molecule has 1 fully saturated rings. The Morgan fingerprint density at radius 2 is 1.73 bits per heavy atom. The van der Waals surface area contributed by atoms with Crippen molar-refractivity contribution >= 4 is 17.8 Å². The van der Waals surface area contributed by atoms with Crippen molar-refractivity contribution in [3.63, 3.8) is 0 Å². The standard InChI is InChI=1S/C10H14N2O3/c1-4-5-6(2)10(3)7(13)11-9(15)12-8(10)14/h5H,4H2,1-3H3,(H2,11,12,13,14,15)/b6-5-. The summed E-state index contributed by atoms with van der Waals surface area (Å²) < 4.78 is 0. The highest BCUT2D eigenvalue weighted by Crippen LogP contribution is 2.29. The van der Waals surface area contributed by atoms with E-state index in [-0.39, 0.29) is 0 Å². The number of rotatable bonds is 2. The predicted octanol–water partition coefficient (Wildman–Crippen LogP) is 0.715. The van der Waals surface area contributed by atoms with Crippen molar-refractivity contribution in [1.82, 2.24) is 10.6 Å². The highest BCUT2D eigenvalue weighted by atomic mass is 16.2. The van der Waals surface area contributed by atoms with Crippen LogP contribution in [0.1, 0.15) is 27.2 Å². The highest BCUT2D eigenvalue weighted by Gasteiger charge is 2.47. The van der Waals surface area contributed by atoms with E-state index in [1.807, 2.05) is 6.92 Å². The van der Waals surface area contributed by atoms with Crippen molar-refractivity contribution in [1.29, 1.82) is 0 Å². The fourth-order valence-corrected chi connectivity index (χ4v) is 1.46. The van der Waals surface area contributed by atoms with Gasteiger partial charge in [-0.1, -0.05) is 18.6 Å². The maximum absolute atomic E-state index is 11.6. The number of nitrogens with one attached hydrogen (secondary N) is 2. The molecule has 5 heteroatoms. The molecule has 1 aliphatic rings. The van der Waals surface area contributed by atoms with Crippen LogP contribution in [0.2, 0.25) is 0 Å². The number of allylic oxidation sites excluding steroid dienone is 1. The molecule has 0 aromatic rings. The van der Waals surface area contributed by atoms with Gasteiger partial charge in [0.05, 0.1) is 0 Å². The van der Waals surface area contributed by atoms with Crippen molar-refractivity contribution in [2.75, 3.05) is 0 Å². The molecule has 82 valence electrons. The Bertz CT molecular complexity index is 338. The monoisotopic (exact) mass is 210 g/mol. The lowest BCUT2D eigenvalue weighted by Crippen LogP contribution is -2.61. The molecule has 1 heterocycles. The first-order valence-electron chi connectivity index (χ1n) is 4.77. The van der Waals surface area contributed by atoms with Gasteiger partial charge in [0.1, 0.15) is 5.41 Å². The van der Waals surface area contributed by atoms with E-state index >= 15 is 0 Å². The normalized spacial score (nSPS) is 21.0. The Hall–Kier alpha value is -1.65. The zero-order valence-corrected chi connectivity index (χ0v) is 9.01. The second-order valence-corrected chi connectivity index (χ2v) is 3.66. The van der Waals surface area contributed by atoms with E-state index in [9.17, 15) is 14.4 Å². The third-order valence-electron chi connectivity index (χ3n) is 2.66. The average Bonchev–Trinajstić information content (AvgIpc) is 2.14.